The van der Waals surface area contributed by atoms with Gasteiger partial charge in [-0.15, -0.1) is 5.73 Å². The summed E-state index contributed by atoms with van der Waals surface area (Å²) in [6, 6.07) is 14.7. The summed E-state index contributed by atoms with van der Waals surface area (Å²) < 4.78 is 39.5. The molecule has 3 aliphatic rings. The summed E-state index contributed by atoms with van der Waals surface area (Å²) in [4.78, 5) is 0. The molecule has 0 aliphatic heterocycles. The molecule has 0 heterocycles. The maximum atomic E-state index is 13.2. The molecule has 0 atom stereocenters. The van der Waals surface area contributed by atoms with Gasteiger partial charge >= 0.3 is 6.18 Å². The maximum absolute atomic E-state index is 13.2. The lowest BCUT2D eigenvalue weighted by Gasteiger charge is -2.47. The van der Waals surface area contributed by atoms with Crippen LogP contribution in [0.5, 0.6) is 0 Å². The number of rotatable bonds is 5. The Labute approximate surface area is 224 Å². The monoisotopic (exact) mass is 527 g/mol. The molecule has 2 aromatic rings. The van der Waals surface area contributed by atoms with Crippen LogP contribution in [0.2, 0.25) is 5.02 Å². The SMILES string of the molecule is CCC(=C=CC(F)(F)F)C1(Nc2cccc(Cl)c2)CCC2(CCc3ccc(C4CCCCC4)cc32)CC1. The first-order valence-electron chi connectivity index (χ1n) is 13.9. The molecule has 2 saturated carbocycles. The quantitative estimate of drug-likeness (QED) is 0.381. The van der Waals surface area contributed by atoms with E-state index in [1.807, 2.05) is 31.2 Å². The molecule has 5 rings (SSSR count). The summed E-state index contributed by atoms with van der Waals surface area (Å²) in [5.74, 6) is 0.672. The topological polar surface area (TPSA) is 12.0 Å². The second-order valence-electron chi connectivity index (χ2n) is 11.4. The molecule has 2 fully saturated rings. The number of halogens is 4. The van der Waals surface area contributed by atoms with E-state index in [1.165, 1.54) is 48.8 Å². The molecular formula is C32H37ClF3N. The second kappa shape index (κ2) is 10.5. The number of anilines is 1. The zero-order valence-corrected chi connectivity index (χ0v) is 22.4. The molecule has 1 spiro atoms. The van der Waals surface area contributed by atoms with Crippen molar-refractivity contribution in [3.8, 4) is 0 Å². The van der Waals surface area contributed by atoms with Crippen molar-refractivity contribution in [3.63, 3.8) is 0 Å². The predicted molar refractivity (Wildman–Crippen MR) is 146 cm³/mol. The largest absolute Gasteiger partial charge is 0.416 e. The Morgan fingerprint density at radius 1 is 1.03 bits per heavy atom. The van der Waals surface area contributed by atoms with E-state index in [-0.39, 0.29) is 11.5 Å². The Bertz CT molecular complexity index is 1180. The zero-order valence-electron chi connectivity index (χ0n) is 21.7. The fourth-order valence-electron chi connectivity index (χ4n) is 7.27. The van der Waals surface area contributed by atoms with E-state index < -0.39 is 11.7 Å². The normalized spacial score (nSPS) is 26.0. The first kappa shape index (κ1) is 26.4. The fourth-order valence-corrected chi connectivity index (χ4v) is 7.46. The van der Waals surface area contributed by atoms with Crippen LogP contribution in [-0.2, 0) is 11.8 Å². The molecule has 0 saturated heterocycles. The van der Waals surface area contributed by atoms with E-state index >= 15 is 0 Å². The maximum Gasteiger partial charge on any atom is 0.416 e. The van der Waals surface area contributed by atoms with Crippen molar-refractivity contribution in [1.82, 2.24) is 0 Å². The molecule has 1 N–H and O–H groups in total. The minimum Gasteiger partial charge on any atom is -0.375 e. The van der Waals surface area contributed by atoms with Gasteiger partial charge in [-0.1, -0.05) is 62.1 Å². The molecule has 0 amide bonds. The number of benzene rings is 2. The van der Waals surface area contributed by atoms with Crippen molar-refractivity contribution in [3.05, 3.63) is 81.6 Å². The highest BCUT2D eigenvalue weighted by Gasteiger charge is 2.48. The van der Waals surface area contributed by atoms with Crippen LogP contribution in [-0.4, -0.2) is 11.7 Å². The smallest absolute Gasteiger partial charge is 0.375 e. The van der Waals surface area contributed by atoms with Gasteiger partial charge in [0.05, 0.1) is 11.6 Å². The standard InChI is InChI=1S/C32H37ClF3N/c1-2-26(14-16-32(34,35)36)31(37-28-10-6-9-27(33)22-28)19-17-30(18-20-31)15-13-24-11-12-25(21-29(24)30)23-7-4-3-5-8-23/h6,9-12,16,21-23,37H,2-5,7-8,13,15,17-20H2,1H3. The van der Waals surface area contributed by atoms with E-state index in [9.17, 15) is 13.2 Å². The Balaban J connectivity index is 1.47. The molecule has 0 aromatic heterocycles. The Hall–Kier alpha value is -2.16. The van der Waals surface area contributed by atoms with Crippen molar-refractivity contribution >= 4 is 17.3 Å². The van der Waals surface area contributed by atoms with Gasteiger partial charge in [0.25, 0.3) is 0 Å². The Morgan fingerprint density at radius 2 is 1.78 bits per heavy atom. The van der Waals surface area contributed by atoms with Crippen molar-refractivity contribution in [1.29, 1.82) is 0 Å². The number of alkyl halides is 3. The highest BCUT2D eigenvalue weighted by atomic mass is 35.5. The molecule has 2 aromatic carbocycles. The Morgan fingerprint density at radius 3 is 2.46 bits per heavy atom. The molecule has 198 valence electrons. The van der Waals surface area contributed by atoms with Gasteiger partial charge < -0.3 is 5.32 Å². The molecule has 37 heavy (non-hydrogen) atoms. The van der Waals surface area contributed by atoms with E-state index in [0.717, 1.165) is 44.2 Å². The van der Waals surface area contributed by atoms with Crippen molar-refractivity contribution < 1.29 is 13.2 Å². The van der Waals surface area contributed by atoms with Crippen LogP contribution in [0.15, 0.2) is 59.8 Å². The van der Waals surface area contributed by atoms with E-state index in [1.54, 1.807) is 0 Å². The number of nitrogens with one attached hydrogen (secondary N) is 1. The lowest BCUT2D eigenvalue weighted by Crippen LogP contribution is -2.47. The molecule has 3 aliphatic carbocycles. The summed E-state index contributed by atoms with van der Waals surface area (Å²) in [6.07, 6.45) is 8.66. The summed E-state index contributed by atoms with van der Waals surface area (Å²) in [5.41, 5.74) is 8.23. The van der Waals surface area contributed by atoms with Gasteiger partial charge in [0.2, 0.25) is 0 Å². The van der Waals surface area contributed by atoms with Crippen LogP contribution >= 0.6 is 11.6 Å². The predicted octanol–water partition coefficient (Wildman–Crippen LogP) is 10.1. The van der Waals surface area contributed by atoms with Crippen molar-refractivity contribution in [2.24, 2.45) is 0 Å². The van der Waals surface area contributed by atoms with E-state index in [2.05, 4.69) is 29.2 Å². The molecule has 5 heteroatoms. The van der Waals surface area contributed by atoms with Crippen molar-refractivity contribution in [2.45, 2.75) is 107 Å². The first-order valence-corrected chi connectivity index (χ1v) is 14.3. The summed E-state index contributed by atoms with van der Waals surface area (Å²) in [7, 11) is 0. The average Bonchev–Trinajstić information content (AvgIpc) is 3.23. The molecule has 0 unspecified atom stereocenters. The molecule has 1 nitrogen and oxygen atoms in total. The van der Waals surface area contributed by atoms with Crippen LogP contribution in [0, 0.1) is 0 Å². The van der Waals surface area contributed by atoms with Crippen LogP contribution in [0.4, 0.5) is 18.9 Å². The molecule has 0 bridgehead atoms. The van der Waals surface area contributed by atoms with Gasteiger partial charge in [-0.2, -0.15) is 13.2 Å². The van der Waals surface area contributed by atoms with Gasteiger partial charge in [-0.05, 0) is 110 Å². The summed E-state index contributed by atoms with van der Waals surface area (Å²) >= 11 is 6.26. The minimum absolute atomic E-state index is 0.117. The number of fused-ring (bicyclic) bond motifs is 2. The van der Waals surface area contributed by atoms with Gasteiger partial charge in [0, 0.05) is 10.7 Å². The zero-order chi connectivity index (χ0) is 26.1. The van der Waals surface area contributed by atoms with Crippen LogP contribution in [0.25, 0.3) is 0 Å². The third-order valence-corrected chi connectivity index (χ3v) is 9.50. The van der Waals surface area contributed by atoms with Gasteiger partial charge in [0.1, 0.15) is 0 Å². The lowest BCUT2D eigenvalue weighted by molar-refractivity contribution is -0.0797. The van der Waals surface area contributed by atoms with E-state index in [4.69, 9.17) is 11.6 Å². The second-order valence-corrected chi connectivity index (χ2v) is 11.8. The molecular weight excluding hydrogens is 491 g/mol. The van der Waals surface area contributed by atoms with Gasteiger partial charge in [-0.3, -0.25) is 0 Å². The summed E-state index contributed by atoms with van der Waals surface area (Å²) in [5, 5.41) is 4.26. The van der Waals surface area contributed by atoms with Gasteiger partial charge in [0.15, 0.2) is 0 Å². The van der Waals surface area contributed by atoms with Crippen molar-refractivity contribution in [2.75, 3.05) is 5.32 Å². The van der Waals surface area contributed by atoms with Crippen LogP contribution in [0.3, 0.4) is 0 Å². The highest BCUT2D eigenvalue weighted by Crippen LogP contribution is 2.54. The number of aryl methyl sites for hydroxylation is 1. The van der Waals surface area contributed by atoms with Crippen LogP contribution < -0.4 is 5.32 Å². The third kappa shape index (κ3) is 5.66. The van der Waals surface area contributed by atoms with Gasteiger partial charge in [-0.25, -0.2) is 0 Å². The highest BCUT2D eigenvalue weighted by molar-refractivity contribution is 6.30. The molecule has 0 radical (unpaired) electrons. The van der Waals surface area contributed by atoms with E-state index in [0.29, 0.717) is 22.9 Å². The average molecular weight is 528 g/mol. The number of hydrogen-bond acceptors (Lipinski definition) is 1. The van der Waals surface area contributed by atoms with Crippen LogP contribution in [0.1, 0.15) is 100 Å². The number of hydrogen-bond donors (Lipinski definition) is 1. The summed E-state index contributed by atoms with van der Waals surface area (Å²) in [6.45, 7) is 1.93. The fraction of sp³-hybridized carbons (Fsp3) is 0.531. The minimum atomic E-state index is -4.38. The third-order valence-electron chi connectivity index (χ3n) is 9.26. The Kier molecular flexibility index (Phi) is 7.53. The lowest BCUT2D eigenvalue weighted by atomic mass is 9.62. The first-order chi connectivity index (χ1) is 17.7.